The Kier molecular flexibility index (Phi) is 4.35. The fourth-order valence-electron chi connectivity index (χ4n) is 2.25. The van der Waals surface area contributed by atoms with E-state index in [2.05, 4.69) is 17.0 Å². The second-order valence-electron chi connectivity index (χ2n) is 5.69. The quantitative estimate of drug-likeness (QED) is 0.847. The summed E-state index contributed by atoms with van der Waals surface area (Å²) < 4.78 is 27.7. The smallest absolute Gasteiger partial charge is 0.250 e. The molecule has 0 radical (unpaired) electrons. The summed E-state index contributed by atoms with van der Waals surface area (Å²) in [5.74, 6) is 0. The highest BCUT2D eigenvalue weighted by Crippen LogP contribution is 2.39. The lowest BCUT2D eigenvalue weighted by Gasteiger charge is -2.38. The van der Waals surface area contributed by atoms with Crippen LogP contribution in [0.25, 0.3) is 0 Å². The van der Waals surface area contributed by atoms with Crippen molar-refractivity contribution in [3.63, 3.8) is 0 Å². The van der Waals surface area contributed by atoms with E-state index < -0.39 is 10.0 Å². The summed E-state index contributed by atoms with van der Waals surface area (Å²) in [5, 5.41) is 3.06. The van der Waals surface area contributed by atoms with Crippen LogP contribution in [0, 0.1) is 12.3 Å². The Morgan fingerprint density at radius 3 is 2.63 bits per heavy atom. The van der Waals surface area contributed by atoms with E-state index in [0.717, 1.165) is 23.3 Å². The van der Waals surface area contributed by atoms with Crippen molar-refractivity contribution in [3.05, 3.63) is 16.5 Å². The van der Waals surface area contributed by atoms with E-state index in [1.54, 1.807) is 6.07 Å². The summed E-state index contributed by atoms with van der Waals surface area (Å²) in [6.07, 6.45) is 3.44. The third-order valence-electron chi connectivity index (χ3n) is 3.85. The molecule has 4 nitrogen and oxygen atoms in total. The van der Waals surface area contributed by atoms with Crippen LogP contribution in [0.4, 0.5) is 0 Å². The van der Waals surface area contributed by atoms with Crippen LogP contribution in [-0.4, -0.2) is 22.0 Å². The molecule has 0 saturated heterocycles. The number of hydrogen-bond acceptors (Lipinski definition) is 4. The maximum Gasteiger partial charge on any atom is 0.250 e. The van der Waals surface area contributed by atoms with Gasteiger partial charge in [0.1, 0.15) is 4.21 Å². The highest BCUT2D eigenvalue weighted by molar-refractivity contribution is 7.91. The van der Waals surface area contributed by atoms with Crippen LogP contribution in [0.2, 0.25) is 0 Å². The molecule has 19 heavy (non-hydrogen) atoms. The number of rotatable bonds is 6. The van der Waals surface area contributed by atoms with Gasteiger partial charge in [0, 0.05) is 18.0 Å². The van der Waals surface area contributed by atoms with Gasteiger partial charge in [0.05, 0.1) is 0 Å². The minimum atomic E-state index is -3.35. The fourth-order valence-corrected chi connectivity index (χ4v) is 5.10. The number of sulfonamides is 1. The predicted molar refractivity (Wildman–Crippen MR) is 79.0 cm³/mol. The Morgan fingerprint density at radius 2 is 2.11 bits per heavy atom. The van der Waals surface area contributed by atoms with Crippen LogP contribution in [0.5, 0.6) is 0 Å². The van der Waals surface area contributed by atoms with Crippen molar-refractivity contribution in [1.82, 2.24) is 10.0 Å². The third kappa shape index (κ3) is 3.37. The average Bonchev–Trinajstić information content (AvgIpc) is 2.68. The lowest BCUT2D eigenvalue weighted by Crippen LogP contribution is -2.39. The first-order valence-corrected chi connectivity index (χ1v) is 8.90. The molecular formula is C13H22N2O2S2. The summed E-state index contributed by atoms with van der Waals surface area (Å²) in [4.78, 5) is 1.08. The van der Waals surface area contributed by atoms with Gasteiger partial charge in [-0.2, -0.15) is 0 Å². The van der Waals surface area contributed by atoms with Crippen LogP contribution in [0.3, 0.4) is 0 Å². The molecule has 2 N–H and O–H groups in total. The van der Waals surface area contributed by atoms with E-state index in [0.29, 0.717) is 17.3 Å². The van der Waals surface area contributed by atoms with E-state index >= 15 is 0 Å². The van der Waals surface area contributed by atoms with Crippen molar-refractivity contribution in [2.75, 3.05) is 13.6 Å². The van der Waals surface area contributed by atoms with Crippen molar-refractivity contribution in [1.29, 1.82) is 0 Å². The van der Waals surface area contributed by atoms with Gasteiger partial charge in [-0.25, -0.2) is 13.1 Å². The number of hydrogen-bond donors (Lipinski definition) is 2. The molecule has 1 heterocycles. The molecule has 0 spiro atoms. The van der Waals surface area contributed by atoms with Crippen LogP contribution in [-0.2, 0) is 16.6 Å². The zero-order chi connectivity index (χ0) is 14.1. The molecule has 1 aromatic heterocycles. The predicted octanol–water partition coefficient (Wildman–Crippen LogP) is 2.24. The molecule has 6 heteroatoms. The molecule has 0 amide bonds. The molecule has 0 atom stereocenters. The lowest BCUT2D eigenvalue weighted by atomic mass is 9.71. The second kappa shape index (κ2) is 5.52. The topological polar surface area (TPSA) is 58.2 Å². The normalized spacial score (nSPS) is 18.3. The minimum Gasteiger partial charge on any atom is -0.315 e. The molecule has 1 saturated carbocycles. The third-order valence-corrected chi connectivity index (χ3v) is 6.96. The molecule has 2 rings (SSSR count). The van der Waals surface area contributed by atoms with Gasteiger partial charge in [0.25, 0.3) is 0 Å². The van der Waals surface area contributed by atoms with Gasteiger partial charge in [0.15, 0.2) is 0 Å². The minimum absolute atomic E-state index is 0.160. The molecule has 1 fully saturated rings. The summed E-state index contributed by atoms with van der Waals surface area (Å²) in [5.41, 5.74) is 1.20. The first-order chi connectivity index (χ1) is 8.86. The van der Waals surface area contributed by atoms with Crippen LogP contribution >= 0.6 is 11.3 Å². The summed E-state index contributed by atoms with van der Waals surface area (Å²) >= 11 is 1.35. The van der Waals surface area contributed by atoms with E-state index in [1.165, 1.54) is 17.8 Å². The standard InChI is InChI=1S/C13H22N2O2S2/c1-10-7-12(18-11(10)8-14-3)19(16,17)15-9-13(2)5-4-6-13/h7,14-15H,4-6,8-9H2,1-3H3. The first kappa shape index (κ1) is 15.0. The van der Waals surface area contributed by atoms with E-state index in [1.807, 2.05) is 14.0 Å². The lowest BCUT2D eigenvalue weighted by molar-refractivity contribution is 0.166. The van der Waals surface area contributed by atoms with Crippen molar-refractivity contribution in [2.24, 2.45) is 5.41 Å². The van der Waals surface area contributed by atoms with E-state index in [4.69, 9.17) is 0 Å². The molecule has 1 aliphatic carbocycles. The zero-order valence-electron chi connectivity index (χ0n) is 11.7. The largest absolute Gasteiger partial charge is 0.315 e. The van der Waals surface area contributed by atoms with E-state index in [9.17, 15) is 8.42 Å². The number of nitrogens with one attached hydrogen (secondary N) is 2. The Balaban J connectivity index is 2.08. The Hall–Kier alpha value is -0.430. The Bertz CT molecular complexity index is 545. The highest BCUT2D eigenvalue weighted by Gasteiger charge is 2.33. The van der Waals surface area contributed by atoms with Gasteiger partial charge < -0.3 is 5.32 Å². The monoisotopic (exact) mass is 302 g/mol. The second-order valence-corrected chi connectivity index (χ2v) is 8.82. The van der Waals surface area contributed by atoms with Crippen LogP contribution < -0.4 is 10.0 Å². The van der Waals surface area contributed by atoms with Crippen LogP contribution in [0.1, 0.15) is 36.6 Å². The van der Waals surface area contributed by atoms with Crippen molar-refractivity contribution in [2.45, 2.75) is 43.9 Å². The van der Waals surface area contributed by atoms with Gasteiger partial charge in [-0.15, -0.1) is 11.3 Å². The highest BCUT2D eigenvalue weighted by atomic mass is 32.2. The van der Waals surface area contributed by atoms with Gasteiger partial charge in [0.2, 0.25) is 10.0 Å². The maximum atomic E-state index is 12.3. The van der Waals surface area contributed by atoms with Crippen molar-refractivity contribution < 1.29 is 8.42 Å². The SMILES string of the molecule is CNCc1sc(S(=O)(=O)NCC2(C)CCC2)cc1C. The van der Waals surface area contributed by atoms with Crippen LogP contribution in [0.15, 0.2) is 10.3 Å². The maximum absolute atomic E-state index is 12.3. The number of thiophene rings is 1. The van der Waals surface area contributed by atoms with Crippen molar-refractivity contribution in [3.8, 4) is 0 Å². The molecule has 1 aliphatic rings. The Morgan fingerprint density at radius 1 is 1.42 bits per heavy atom. The number of aryl methyl sites for hydroxylation is 1. The average molecular weight is 302 g/mol. The van der Waals surface area contributed by atoms with Gasteiger partial charge in [-0.1, -0.05) is 13.3 Å². The molecule has 108 valence electrons. The first-order valence-electron chi connectivity index (χ1n) is 6.60. The molecule has 0 aromatic carbocycles. The van der Waals surface area contributed by atoms with E-state index in [-0.39, 0.29) is 5.41 Å². The molecule has 0 aliphatic heterocycles. The molecule has 0 bridgehead atoms. The summed E-state index contributed by atoms with van der Waals surface area (Å²) in [6.45, 7) is 5.36. The molecule has 1 aromatic rings. The summed E-state index contributed by atoms with van der Waals surface area (Å²) in [7, 11) is -1.48. The molecular weight excluding hydrogens is 280 g/mol. The van der Waals surface area contributed by atoms with Gasteiger partial charge >= 0.3 is 0 Å². The molecule has 0 unspecified atom stereocenters. The van der Waals surface area contributed by atoms with Crippen molar-refractivity contribution >= 4 is 21.4 Å². The zero-order valence-corrected chi connectivity index (χ0v) is 13.4. The van der Waals surface area contributed by atoms with Gasteiger partial charge in [-0.3, -0.25) is 0 Å². The summed E-state index contributed by atoms with van der Waals surface area (Å²) in [6, 6.07) is 1.77. The van der Waals surface area contributed by atoms with Gasteiger partial charge in [-0.05, 0) is 43.9 Å². The Labute approximate surface area is 119 Å². The fraction of sp³-hybridized carbons (Fsp3) is 0.692.